The molecule has 0 radical (unpaired) electrons. The summed E-state index contributed by atoms with van der Waals surface area (Å²) in [5.74, 6) is -0.490. The van der Waals surface area contributed by atoms with Crippen LogP contribution in [-0.2, 0) is 16.1 Å². The topological polar surface area (TPSA) is 80.1 Å². The Morgan fingerprint density at radius 3 is 2.56 bits per heavy atom. The number of furan rings is 1. The van der Waals surface area contributed by atoms with Crippen molar-refractivity contribution in [3.05, 3.63) is 53.5 Å². The maximum Gasteiger partial charge on any atom is 0.374 e. The zero-order valence-electron chi connectivity index (χ0n) is 14.2. The summed E-state index contributed by atoms with van der Waals surface area (Å²) < 4.78 is 10.1. The second kappa shape index (κ2) is 6.43. The molecule has 0 bridgehead atoms. The molecular formula is C18H18N2O5. The van der Waals surface area contributed by atoms with Crippen LogP contribution in [-0.4, -0.2) is 36.0 Å². The first-order chi connectivity index (χ1) is 11.9. The molecular weight excluding hydrogens is 324 g/mol. The molecule has 0 N–H and O–H groups in total. The quantitative estimate of drug-likeness (QED) is 0.630. The lowest BCUT2D eigenvalue weighted by Gasteiger charge is -2.19. The number of carbonyl (C=O) groups excluding carboxylic acids is 3. The van der Waals surface area contributed by atoms with Crippen LogP contribution < -0.4 is 4.90 Å². The number of carbonyl (C=O) groups is 3. The molecule has 130 valence electrons. The van der Waals surface area contributed by atoms with Gasteiger partial charge in [0, 0.05) is 11.3 Å². The fourth-order valence-corrected chi connectivity index (χ4v) is 2.87. The maximum absolute atomic E-state index is 12.7. The van der Waals surface area contributed by atoms with E-state index >= 15 is 0 Å². The van der Waals surface area contributed by atoms with Crippen molar-refractivity contribution in [2.24, 2.45) is 0 Å². The van der Waals surface area contributed by atoms with E-state index in [0.29, 0.717) is 17.0 Å². The first kappa shape index (κ1) is 16.8. The molecule has 0 aliphatic carbocycles. The van der Waals surface area contributed by atoms with Crippen molar-refractivity contribution in [1.29, 1.82) is 0 Å². The van der Waals surface area contributed by atoms with Crippen molar-refractivity contribution >= 4 is 23.6 Å². The monoisotopic (exact) mass is 342 g/mol. The van der Waals surface area contributed by atoms with Gasteiger partial charge in [0.15, 0.2) is 0 Å². The summed E-state index contributed by atoms with van der Waals surface area (Å²) in [5, 5.41) is 0. The Labute approximate surface area is 144 Å². The van der Waals surface area contributed by atoms with Crippen molar-refractivity contribution in [1.82, 2.24) is 4.90 Å². The maximum atomic E-state index is 12.7. The molecule has 7 nitrogen and oxygen atoms in total. The Morgan fingerprint density at radius 2 is 1.92 bits per heavy atom. The molecule has 0 unspecified atom stereocenters. The molecule has 1 aliphatic heterocycles. The number of rotatable bonds is 4. The van der Waals surface area contributed by atoms with Crippen LogP contribution >= 0.6 is 0 Å². The summed E-state index contributed by atoms with van der Waals surface area (Å²) in [6.45, 7) is 3.34. The van der Waals surface area contributed by atoms with Gasteiger partial charge in [-0.05, 0) is 32.0 Å². The molecule has 1 saturated heterocycles. The van der Waals surface area contributed by atoms with E-state index in [0.717, 1.165) is 4.90 Å². The summed E-state index contributed by atoms with van der Waals surface area (Å²) >= 11 is 0. The number of nitrogens with zero attached hydrogens (tertiary/aromatic N) is 2. The smallest absolute Gasteiger partial charge is 0.374 e. The van der Waals surface area contributed by atoms with E-state index in [1.54, 1.807) is 44.2 Å². The highest BCUT2D eigenvalue weighted by Gasteiger charge is 2.43. The summed E-state index contributed by atoms with van der Waals surface area (Å²) in [6.07, 6.45) is 0. The number of para-hydroxylation sites is 1. The molecule has 2 heterocycles. The van der Waals surface area contributed by atoms with Gasteiger partial charge in [0.25, 0.3) is 5.91 Å². The fourth-order valence-electron chi connectivity index (χ4n) is 2.87. The van der Waals surface area contributed by atoms with Crippen LogP contribution in [0.4, 0.5) is 10.5 Å². The Kier molecular flexibility index (Phi) is 4.31. The fraction of sp³-hybridized carbons (Fsp3) is 0.278. The Bertz CT molecular complexity index is 827. The molecule has 1 fully saturated rings. The first-order valence-electron chi connectivity index (χ1n) is 7.81. The second-order valence-electron chi connectivity index (χ2n) is 5.80. The third kappa shape index (κ3) is 2.88. The van der Waals surface area contributed by atoms with Gasteiger partial charge < -0.3 is 9.15 Å². The SMILES string of the molecule is COC(=O)c1oc(CN2C(=O)[C@@H](C)N(c3ccccc3)C2=O)cc1C. The van der Waals surface area contributed by atoms with Crippen molar-refractivity contribution in [3.8, 4) is 0 Å². The molecule has 0 spiro atoms. The van der Waals surface area contributed by atoms with Crippen molar-refractivity contribution in [2.45, 2.75) is 26.4 Å². The highest BCUT2D eigenvalue weighted by Crippen LogP contribution is 2.27. The third-order valence-corrected chi connectivity index (χ3v) is 4.14. The van der Waals surface area contributed by atoms with Gasteiger partial charge in [-0.2, -0.15) is 0 Å². The van der Waals surface area contributed by atoms with E-state index in [9.17, 15) is 14.4 Å². The first-order valence-corrected chi connectivity index (χ1v) is 7.81. The van der Waals surface area contributed by atoms with Crippen LogP contribution in [0.2, 0.25) is 0 Å². The van der Waals surface area contributed by atoms with Gasteiger partial charge in [-0.3, -0.25) is 14.6 Å². The van der Waals surface area contributed by atoms with Gasteiger partial charge in [0.2, 0.25) is 5.76 Å². The average molecular weight is 342 g/mol. The van der Waals surface area contributed by atoms with Crippen molar-refractivity contribution < 1.29 is 23.5 Å². The number of methoxy groups -OCH3 is 1. The zero-order chi connectivity index (χ0) is 18.1. The molecule has 25 heavy (non-hydrogen) atoms. The normalized spacial score (nSPS) is 17.3. The Morgan fingerprint density at radius 1 is 1.24 bits per heavy atom. The van der Waals surface area contributed by atoms with Gasteiger partial charge in [0.05, 0.1) is 13.7 Å². The molecule has 2 aromatic rings. The summed E-state index contributed by atoms with van der Waals surface area (Å²) in [7, 11) is 1.26. The number of esters is 1. The van der Waals surface area contributed by atoms with Crippen LogP contribution in [0.1, 0.15) is 28.8 Å². The molecule has 3 amide bonds. The van der Waals surface area contributed by atoms with E-state index < -0.39 is 18.0 Å². The zero-order valence-corrected chi connectivity index (χ0v) is 14.2. The molecule has 1 aromatic heterocycles. The minimum atomic E-state index is -0.606. The second-order valence-corrected chi connectivity index (χ2v) is 5.80. The minimum Gasteiger partial charge on any atom is -0.463 e. The highest BCUT2D eigenvalue weighted by atomic mass is 16.5. The summed E-state index contributed by atoms with van der Waals surface area (Å²) in [5.41, 5.74) is 1.25. The number of ether oxygens (including phenoxy) is 1. The number of aryl methyl sites for hydroxylation is 1. The number of hydrogen-bond acceptors (Lipinski definition) is 5. The van der Waals surface area contributed by atoms with Crippen LogP contribution in [0.3, 0.4) is 0 Å². The van der Waals surface area contributed by atoms with Gasteiger partial charge in [0.1, 0.15) is 11.8 Å². The minimum absolute atomic E-state index is 0.0385. The number of benzene rings is 1. The van der Waals surface area contributed by atoms with Crippen LogP contribution in [0, 0.1) is 6.92 Å². The largest absolute Gasteiger partial charge is 0.463 e. The number of hydrogen-bond donors (Lipinski definition) is 0. The lowest BCUT2D eigenvalue weighted by molar-refractivity contribution is -0.127. The standard InChI is InChI=1S/C18H18N2O5/c1-11-9-14(25-15(11)17(22)24-3)10-19-16(21)12(2)20(18(19)23)13-7-5-4-6-8-13/h4-9,12H,10H2,1-3H3/t12-/m1/s1. The van der Waals surface area contributed by atoms with Crippen molar-refractivity contribution in [2.75, 3.05) is 12.0 Å². The average Bonchev–Trinajstić information content (AvgIpc) is 3.08. The summed E-state index contributed by atoms with van der Waals surface area (Å²) in [4.78, 5) is 39.4. The predicted octanol–water partition coefficient (Wildman–Crippen LogP) is 2.73. The van der Waals surface area contributed by atoms with E-state index in [2.05, 4.69) is 4.74 Å². The Balaban J connectivity index is 1.85. The van der Waals surface area contributed by atoms with E-state index in [-0.39, 0.29) is 18.2 Å². The van der Waals surface area contributed by atoms with E-state index in [4.69, 9.17) is 4.42 Å². The third-order valence-electron chi connectivity index (χ3n) is 4.14. The van der Waals surface area contributed by atoms with Gasteiger partial charge in [-0.1, -0.05) is 18.2 Å². The molecule has 0 saturated carbocycles. The molecule has 7 heteroatoms. The summed E-state index contributed by atoms with van der Waals surface area (Å²) in [6, 6.07) is 9.61. The molecule has 3 rings (SSSR count). The predicted molar refractivity (Wildman–Crippen MR) is 89.1 cm³/mol. The van der Waals surface area contributed by atoms with Gasteiger partial charge in [-0.15, -0.1) is 0 Å². The molecule has 1 aromatic carbocycles. The molecule has 1 aliphatic rings. The highest BCUT2D eigenvalue weighted by molar-refractivity contribution is 6.13. The van der Waals surface area contributed by atoms with Crippen LogP contribution in [0.25, 0.3) is 0 Å². The molecule has 1 atom stereocenters. The Hall–Kier alpha value is -3.09. The number of imide groups is 1. The van der Waals surface area contributed by atoms with Crippen molar-refractivity contribution in [3.63, 3.8) is 0 Å². The number of anilines is 1. The number of amides is 3. The lowest BCUT2D eigenvalue weighted by atomic mass is 10.2. The van der Waals surface area contributed by atoms with Gasteiger partial charge in [-0.25, -0.2) is 9.59 Å². The number of urea groups is 1. The van der Waals surface area contributed by atoms with Crippen LogP contribution in [0.5, 0.6) is 0 Å². The van der Waals surface area contributed by atoms with E-state index in [1.165, 1.54) is 12.0 Å². The lowest BCUT2D eigenvalue weighted by Crippen LogP contribution is -2.33. The van der Waals surface area contributed by atoms with Gasteiger partial charge >= 0.3 is 12.0 Å². The van der Waals surface area contributed by atoms with E-state index in [1.807, 2.05) is 6.07 Å². The van der Waals surface area contributed by atoms with Crippen LogP contribution in [0.15, 0.2) is 40.8 Å².